The van der Waals surface area contributed by atoms with Gasteiger partial charge in [0.1, 0.15) is 11.1 Å². The van der Waals surface area contributed by atoms with E-state index in [4.69, 9.17) is 11.0 Å². The van der Waals surface area contributed by atoms with Crippen LogP contribution in [-0.2, 0) is 4.79 Å². The topological polar surface area (TPSA) is 78.9 Å². The summed E-state index contributed by atoms with van der Waals surface area (Å²) in [6.45, 7) is 2.12. The zero-order valence-electron chi connectivity index (χ0n) is 10.4. The Hall–Kier alpha value is -1.38. The average molecular weight is 263 g/mol. The molecule has 0 radical (unpaired) electrons. The van der Waals surface area contributed by atoms with E-state index in [1.807, 2.05) is 0 Å². The van der Waals surface area contributed by atoms with Gasteiger partial charge in [-0.1, -0.05) is 19.8 Å². The van der Waals surface area contributed by atoms with Crippen molar-refractivity contribution in [3.8, 4) is 6.07 Å². The van der Waals surface area contributed by atoms with Gasteiger partial charge in [0, 0.05) is 0 Å². The summed E-state index contributed by atoms with van der Waals surface area (Å²) in [5.41, 5.74) is 5.93. The van der Waals surface area contributed by atoms with E-state index in [1.165, 1.54) is 11.3 Å². The van der Waals surface area contributed by atoms with Gasteiger partial charge in [-0.05, 0) is 30.2 Å². The number of nitrogens with two attached hydrogens (primary N) is 1. The molecule has 4 nitrogen and oxygen atoms in total. The molecule has 18 heavy (non-hydrogen) atoms. The molecule has 0 aromatic carbocycles. The van der Waals surface area contributed by atoms with Gasteiger partial charge in [0.05, 0.1) is 11.1 Å². The summed E-state index contributed by atoms with van der Waals surface area (Å²) >= 11 is 1.36. The van der Waals surface area contributed by atoms with Gasteiger partial charge in [-0.25, -0.2) is 0 Å². The molecule has 96 valence electrons. The monoisotopic (exact) mass is 263 g/mol. The normalized spacial score (nSPS) is 27.5. The summed E-state index contributed by atoms with van der Waals surface area (Å²) in [4.78, 5) is 12.3. The summed E-state index contributed by atoms with van der Waals surface area (Å²) in [6, 6.07) is 3.76. The number of nitriles is 1. The molecule has 1 saturated carbocycles. The Kier molecular flexibility index (Phi) is 3.69. The van der Waals surface area contributed by atoms with Crippen molar-refractivity contribution in [2.24, 2.45) is 11.7 Å². The highest BCUT2D eigenvalue weighted by atomic mass is 32.1. The van der Waals surface area contributed by atoms with Gasteiger partial charge in [-0.3, -0.25) is 4.79 Å². The first-order chi connectivity index (χ1) is 8.55. The van der Waals surface area contributed by atoms with Gasteiger partial charge in [-0.15, -0.1) is 11.3 Å². The molecule has 0 spiro atoms. The number of hydrogen-bond acceptors (Lipinski definition) is 4. The maximum atomic E-state index is 12.3. The lowest BCUT2D eigenvalue weighted by molar-refractivity contribution is -0.122. The zero-order valence-corrected chi connectivity index (χ0v) is 11.2. The number of carbonyl (C=O) groups is 1. The van der Waals surface area contributed by atoms with Crippen LogP contribution in [0.1, 0.15) is 38.2 Å². The molecule has 3 N–H and O–H groups in total. The van der Waals surface area contributed by atoms with Crippen molar-refractivity contribution < 1.29 is 4.79 Å². The molecule has 2 atom stereocenters. The largest absolute Gasteiger partial charge is 0.317 e. The molecule has 5 heteroatoms. The van der Waals surface area contributed by atoms with Crippen LogP contribution in [0.4, 0.5) is 5.00 Å². The van der Waals surface area contributed by atoms with Crippen molar-refractivity contribution in [2.45, 2.75) is 38.1 Å². The Morgan fingerprint density at radius 1 is 1.72 bits per heavy atom. The lowest BCUT2D eigenvalue weighted by Gasteiger charge is -2.35. The maximum absolute atomic E-state index is 12.3. The Bertz CT molecular complexity index is 491. The first kappa shape index (κ1) is 13.1. The quantitative estimate of drug-likeness (QED) is 0.860. The second-order valence-electron chi connectivity index (χ2n) is 5.09. The van der Waals surface area contributed by atoms with Crippen molar-refractivity contribution >= 4 is 22.2 Å². The number of hydrogen-bond donors (Lipinski definition) is 2. The highest BCUT2D eigenvalue weighted by molar-refractivity contribution is 7.14. The van der Waals surface area contributed by atoms with Crippen molar-refractivity contribution in [1.29, 1.82) is 5.26 Å². The van der Waals surface area contributed by atoms with E-state index >= 15 is 0 Å². The fourth-order valence-electron chi connectivity index (χ4n) is 2.52. The molecule has 1 aromatic heterocycles. The number of rotatable bonds is 2. The summed E-state index contributed by atoms with van der Waals surface area (Å²) in [7, 11) is 0. The number of nitrogens with one attached hydrogen (secondary N) is 1. The average Bonchev–Trinajstić information content (AvgIpc) is 2.76. The molecular formula is C13H17N3OS. The Morgan fingerprint density at radius 3 is 3.17 bits per heavy atom. The van der Waals surface area contributed by atoms with Crippen molar-refractivity contribution in [3.05, 3.63) is 17.0 Å². The van der Waals surface area contributed by atoms with Gasteiger partial charge in [0.2, 0.25) is 5.91 Å². The third kappa shape index (κ3) is 2.55. The third-order valence-corrected chi connectivity index (χ3v) is 4.33. The van der Waals surface area contributed by atoms with Crippen LogP contribution >= 0.6 is 11.3 Å². The van der Waals surface area contributed by atoms with Gasteiger partial charge in [-0.2, -0.15) is 5.26 Å². The molecule has 1 aliphatic carbocycles. The summed E-state index contributed by atoms with van der Waals surface area (Å²) in [5, 5.41) is 14.1. The molecule has 2 unspecified atom stereocenters. The van der Waals surface area contributed by atoms with Crippen LogP contribution < -0.4 is 11.1 Å². The van der Waals surface area contributed by atoms with Crippen LogP contribution in [0.3, 0.4) is 0 Å². The number of nitrogens with zero attached hydrogens (tertiary/aromatic N) is 1. The lowest BCUT2D eigenvalue weighted by atomic mass is 9.76. The second-order valence-corrected chi connectivity index (χ2v) is 6.00. The molecular weight excluding hydrogens is 246 g/mol. The molecule has 1 heterocycles. The zero-order chi connectivity index (χ0) is 13.2. The maximum Gasteiger partial charge on any atom is 0.245 e. The van der Waals surface area contributed by atoms with E-state index in [0.717, 1.165) is 19.3 Å². The number of thiophene rings is 1. The van der Waals surface area contributed by atoms with Crippen LogP contribution in [-0.4, -0.2) is 11.4 Å². The first-order valence-electron chi connectivity index (χ1n) is 6.13. The molecule has 0 aliphatic heterocycles. The van der Waals surface area contributed by atoms with Gasteiger partial charge in [0.15, 0.2) is 0 Å². The number of anilines is 1. The Labute approximate surface area is 111 Å². The smallest absolute Gasteiger partial charge is 0.245 e. The van der Waals surface area contributed by atoms with E-state index in [0.29, 0.717) is 22.9 Å². The predicted molar refractivity (Wildman–Crippen MR) is 72.2 cm³/mol. The number of carbonyl (C=O) groups excluding carboxylic acids is 1. The fourth-order valence-corrected chi connectivity index (χ4v) is 3.25. The summed E-state index contributed by atoms with van der Waals surface area (Å²) in [5.74, 6) is 0.321. The van der Waals surface area contributed by atoms with Crippen LogP contribution in [0.25, 0.3) is 0 Å². The SMILES string of the molecule is CC1CCCC(N)(C(=O)Nc2sccc2C#N)C1. The Balaban J connectivity index is 2.10. The van der Waals surface area contributed by atoms with E-state index in [2.05, 4.69) is 18.3 Å². The van der Waals surface area contributed by atoms with Crippen molar-refractivity contribution in [3.63, 3.8) is 0 Å². The predicted octanol–water partition coefficient (Wildman–Crippen LogP) is 2.47. The van der Waals surface area contributed by atoms with Gasteiger partial charge < -0.3 is 11.1 Å². The highest BCUT2D eigenvalue weighted by Gasteiger charge is 2.38. The van der Waals surface area contributed by atoms with E-state index in [-0.39, 0.29) is 5.91 Å². The van der Waals surface area contributed by atoms with Crippen LogP contribution in [0.5, 0.6) is 0 Å². The van der Waals surface area contributed by atoms with E-state index in [1.54, 1.807) is 11.4 Å². The van der Waals surface area contributed by atoms with Gasteiger partial charge >= 0.3 is 0 Å². The minimum atomic E-state index is -0.783. The van der Waals surface area contributed by atoms with Crippen LogP contribution in [0, 0.1) is 17.2 Å². The summed E-state index contributed by atoms with van der Waals surface area (Å²) < 4.78 is 0. The van der Waals surface area contributed by atoms with Gasteiger partial charge in [0.25, 0.3) is 0 Å². The molecule has 1 fully saturated rings. The van der Waals surface area contributed by atoms with Crippen molar-refractivity contribution in [2.75, 3.05) is 5.32 Å². The van der Waals surface area contributed by atoms with Crippen molar-refractivity contribution in [1.82, 2.24) is 0 Å². The molecule has 1 amide bonds. The molecule has 1 aliphatic rings. The Morgan fingerprint density at radius 2 is 2.50 bits per heavy atom. The minimum absolute atomic E-state index is 0.159. The minimum Gasteiger partial charge on any atom is -0.317 e. The highest BCUT2D eigenvalue weighted by Crippen LogP contribution is 2.32. The molecule has 0 saturated heterocycles. The fraction of sp³-hybridized carbons (Fsp3) is 0.538. The number of amides is 1. The standard InChI is InChI=1S/C13H17N3OS/c1-9-3-2-5-13(15,7-9)12(17)16-11-10(8-14)4-6-18-11/h4,6,9H,2-3,5,7,15H2,1H3,(H,16,17). The molecule has 1 aromatic rings. The second kappa shape index (κ2) is 5.09. The molecule has 0 bridgehead atoms. The van der Waals surface area contributed by atoms with Crippen LogP contribution in [0.2, 0.25) is 0 Å². The van der Waals surface area contributed by atoms with E-state index in [9.17, 15) is 4.79 Å². The summed E-state index contributed by atoms with van der Waals surface area (Å²) in [6.07, 6.45) is 3.55. The van der Waals surface area contributed by atoms with Crippen LogP contribution in [0.15, 0.2) is 11.4 Å². The lowest BCUT2D eigenvalue weighted by Crippen LogP contribution is -2.53. The first-order valence-corrected chi connectivity index (χ1v) is 7.01. The third-order valence-electron chi connectivity index (χ3n) is 3.50. The van der Waals surface area contributed by atoms with E-state index < -0.39 is 5.54 Å². The molecule has 2 rings (SSSR count).